The van der Waals surface area contributed by atoms with Crippen LogP contribution in [0, 0.1) is 5.82 Å². The molecular weight excluding hydrogens is 444 g/mol. The van der Waals surface area contributed by atoms with Crippen molar-refractivity contribution in [3.05, 3.63) is 70.8 Å². The first-order chi connectivity index (χ1) is 15.7. The molecule has 0 radical (unpaired) electrons. The molecule has 1 atom stereocenters. The maximum Gasteiger partial charge on any atom is 0.419 e. The number of nitrogens with zero attached hydrogens (tertiary/aromatic N) is 5. The van der Waals surface area contributed by atoms with Crippen LogP contribution in [0.3, 0.4) is 0 Å². The summed E-state index contributed by atoms with van der Waals surface area (Å²) >= 11 is 0. The number of benzene rings is 2. The summed E-state index contributed by atoms with van der Waals surface area (Å²) in [7, 11) is 0. The first-order valence-electron chi connectivity index (χ1n) is 9.59. The molecule has 2 aromatic heterocycles. The minimum atomic E-state index is -4.85. The van der Waals surface area contributed by atoms with Gasteiger partial charge in [-0.05, 0) is 53.2 Å². The van der Waals surface area contributed by atoms with Gasteiger partial charge in [0.2, 0.25) is 5.95 Å². The molecule has 13 heteroatoms. The second kappa shape index (κ2) is 7.39. The molecule has 0 saturated carbocycles. The number of carbonyl (C=O) groups is 1. The summed E-state index contributed by atoms with van der Waals surface area (Å²) < 4.78 is 54.7. The Hall–Kier alpha value is -4.29. The van der Waals surface area contributed by atoms with Crippen LogP contribution in [0.25, 0.3) is 10.9 Å². The number of nitrogens with one attached hydrogen (secondary N) is 3. The second-order valence-corrected chi connectivity index (χ2v) is 7.38. The van der Waals surface area contributed by atoms with E-state index in [4.69, 9.17) is 0 Å². The zero-order chi connectivity index (χ0) is 23.3. The Labute approximate surface area is 182 Å². The van der Waals surface area contributed by atoms with Gasteiger partial charge in [0.25, 0.3) is 5.91 Å². The fourth-order valence-electron chi connectivity index (χ4n) is 3.76. The van der Waals surface area contributed by atoms with E-state index >= 15 is 0 Å². The second-order valence-electron chi connectivity index (χ2n) is 7.38. The predicted octanol–water partition coefficient (Wildman–Crippen LogP) is 3.63. The van der Waals surface area contributed by atoms with Crippen molar-refractivity contribution in [3.8, 4) is 0 Å². The van der Waals surface area contributed by atoms with Gasteiger partial charge in [0, 0.05) is 16.8 Å². The van der Waals surface area contributed by atoms with Crippen LogP contribution in [0.4, 0.5) is 29.2 Å². The smallest absolute Gasteiger partial charge is 0.326 e. The van der Waals surface area contributed by atoms with E-state index in [1.165, 1.54) is 4.68 Å². The number of aromatic nitrogens is 6. The van der Waals surface area contributed by atoms with Crippen molar-refractivity contribution in [1.29, 1.82) is 0 Å². The number of amides is 1. The van der Waals surface area contributed by atoms with Gasteiger partial charge in [-0.25, -0.2) is 4.39 Å². The van der Waals surface area contributed by atoms with Crippen molar-refractivity contribution in [2.45, 2.75) is 19.1 Å². The number of carbonyl (C=O) groups excluding carboxylic acids is 1. The minimum Gasteiger partial charge on any atom is -0.326 e. The van der Waals surface area contributed by atoms with E-state index in [0.717, 1.165) is 23.0 Å². The average molecular weight is 458 g/mol. The standard InChI is InChI=1S/C20H14F4N8O/c1-9-16(18(33)27-12-3-5-15-11(6-12)8-25-28-15)17(32-19(26-9)29-30-31-32)10-2-4-13(14(21)7-10)20(22,23)24/h2-8,17H,1H3,(H,25,28)(H,27,33)(H,26,29,31). The quantitative estimate of drug-likeness (QED) is 0.404. The fourth-order valence-corrected chi connectivity index (χ4v) is 3.76. The van der Waals surface area contributed by atoms with Crippen molar-refractivity contribution in [1.82, 2.24) is 30.4 Å². The topological polar surface area (TPSA) is 113 Å². The summed E-state index contributed by atoms with van der Waals surface area (Å²) in [6, 6.07) is 6.52. The van der Waals surface area contributed by atoms with Crippen molar-refractivity contribution in [2.75, 3.05) is 10.6 Å². The number of aromatic amines is 1. The molecule has 1 amide bonds. The van der Waals surface area contributed by atoms with Gasteiger partial charge in [0.05, 0.1) is 22.9 Å². The number of hydrogen-bond donors (Lipinski definition) is 3. The van der Waals surface area contributed by atoms with Crippen molar-refractivity contribution in [2.24, 2.45) is 0 Å². The molecule has 4 aromatic rings. The lowest BCUT2D eigenvalue weighted by Crippen LogP contribution is -2.31. The molecule has 1 aliphatic rings. The van der Waals surface area contributed by atoms with Crippen LogP contribution in [0.1, 0.15) is 24.1 Å². The number of hydrogen-bond acceptors (Lipinski definition) is 6. The molecule has 0 bridgehead atoms. The van der Waals surface area contributed by atoms with Crippen molar-refractivity contribution in [3.63, 3.8) is 0 Å². The predicted molar refractivity (Wildman–Crippen MR) is 108 cm³/mol. The zero-order valence-electron chi connectivity index (χ0n) is 16.8. The highest BCUT2D eigenvalue weighted by Crippen LogP contribution is 2.38. The van der Waals surface area contributed by atoms with Crippen LogP contribution in [0.2, 0.25) is 0 Å². The van der Waals surface area contributed by atoms with Gasteiger partial charge in [-0.15, -0.1) is 0 Å². The van der Waals surface area contributed by atoms with E-state index in [1.54, 1.807) is 31.3 Å². The number of alkyl halides is 3. The molecule has 3 heterocycles. The molecule has 0 saturated heterocycles. The van der Waals surface area contributed by atoms with Gasteiger partial charge in [0.1, 0.15) is 11.9 Å². The Morgan fingerprint density at radius 2 is 2.00 bits per heavy atom. The third-order valence-electron chi connectivity index (χ3n) is 5.27. The van der Waals surface area contributed by atoms with Crippen LogP contribution in [-0.4, -0.2) is 36.3 Å². The van der Waals surface area contributed by atoms with Crippen molar-refractivity contribution >= 4 is 28.4 Å². The maximum absolute atomic E-state index is 14.4. The molecule has 1 aliphatic heterocycles. The third kappa shape index (κ3) is 3.56. The van der Waals surface area contributed by atoms with E-state index in [0.29, 0.717) is 17.5 Å². The molecule has 5 rings (SSSR count). The number of anilines is 2. The van der Waals surface area contributed by atoms with Crippen LogP contribution < -0.4 is 10.6 Å². The lowest BCUT2D eigenvalue weighted by molar-refractivity contribution is -0.140. The molecule has 0 aliphatic carbocycles. The summed E-state index contributed by atoms with van der Waals surface area (Å²) in [6.45, 7) is 1.60. The Morgan fingerprint density at radius 1 is 1.18 bits per heavy atom. The molecule has 0 fully saturated rings. The van der Waals surface area contributed by atoms with Gasteiger partial charge in [-0.3, -0.25) is 9.89 Å². The van der Waals surface area contributed by atoms with Crippen LogP contribution in [-0.2, 0) is 11.0 Å². The average Bonchev–Trinajstić information content (AvgIpc) is 3.40. The van der Waals surface area contributed by atoms with Gasteiger partial charge >= 0.3 is 6.18 Å². The SMILES string of the molecule is CC1=C(C(=O)Nc2ccc3[nH]ncc3c2)C(c2ccc(C(F)(F)F)c(F)c2)n2nnnc2N1. The lowest BCUT2D eigenvalue weighted by atomic mass is 9.94. The summed E-state index contributed by atoms with van der Waals surface area (Å²) in [4.78, 5) is 13.3. The molecule has 1 unspecified atom stereocenters. The van der Waals surface area contributed by atoms with E-state index in [-0.39, 0.29) is 17.1 Å². The van der Waals surface area contributed by atoms with Crippen molar-refractivity contribution < 1.29 is 22.4 Å². The Kier molecular flexibility index (Phi) is 4.62. The summed E-state index contributed by atoms with van der Waals surface area (Å²) in [5.41, 5.74) is 0.390. The zero-order valence-corrected chi connectivity index (χ0v) is 16.8. The number of rotatable bonds is 3. The van der Waals surface area contributed by atoms with Crippen LogP contribution in [0.15, 0.2) is 53.9 Å². The molecule has 33 heavy (non-hydrogen) atoms. The van der Waals surface area contributed by atoms with E-state index in [2.05, 4.69) is 36.4 Å². The largest absolute Gasteiger partial charge is 0.419 e. The van der Waals surface area contributed by atoms with Crippen LogP contribution >= 0.6 is 0 Å². The number of tetrazole rings is 1. The number of fused-ring (bicyclic) bond motifs is 2. The van der Waals surface area contributed by atoms with Gasteiger partial charge < -0.3 is 10.6 Å². The molecule has 168 valence electrons. The monoisotopic (exact) mass is 458 g/mol. The molecule has 0 spiro atoms. The highest BCUT2D eigenvalue weighted by molar-refractivity contribution is 6.06. The van der Waals surface area contributed by atoms with Gasteiger partial charge in [-0.2, -0.15) is 23.0 Å². The third-order valence-corrected chi connectivity index (χ3v) is 5.27. The highest BCUT2D eigenvalue weighted by atomic mass is 19.4. The summed E-state index contributed by atoms with van der Waals surface area (Å²) in [5.74, 6) is -1.86. The molecular formula is C20H14F4N8O. The van der Waals surface area contributed by atoms with Gasteiger partial charge in [-0.1, -0.05) is 11.2 Å². The van der Waals surface area contributed by atoms with E-state index < -0.39 is 29.5 Å². The number of allylic oxidation sites excluding steroid dienone is 1. The molecule has 9 nitrogen and oxygen atoms in total. The minimum absolute atomic E-state index is 0.0744. The Bertz CT molecular complexity index is 1420. The maximum atomic E-state index is 14.4. The number of halogens is 4. The Balaban J connectivity index is 1.56. The highest BCUT2D eigenvalue weighted by Gasteiger charge is 2.37. The van der Waals surface area contributed by atoms with Crippen LogP contribution in [0.5, 0.6) is 0 Å². The van der Waals surface area contributed by atoms with E-state index in [9.17, 15) is 22.4 Å². The van der Waals surface area contributed by atoms with Gasteiger partial charge in [0.15, 0.2) is 0 Å². The summed E-state index contributed by atoms with van der Waals surface area (Å²) in [6.07, 6.45) is -3.26. The fraction of sp³-hybridized carbons (Fsp3) is 0.150. The Morgan fingerprint density at radius 3 is 2.76 bits per heavy atom. The number of H-pyrrole nitrogens is 1. The van der Waals surface area contributed by atoms with E-state index in [1.807, 2.05) is 0 Å². The summed E-state index contributed by atoms with van der Waals surface area (Å²) in [5, 5.41) is 24.4. The first-order valence-corrected chi connectivity index (χ1v) is 9.59. The molecule has 2 aromatic carbocycles. The lowest BCUT2D eigenvalue weighted by Gasteiger charge is -2.28. The normalized spacial score (nSPS) is 16.0. The molecule has 3 N–H and O–H groups in total. The first kappa shape index (κ1) is 20.6.